The maximum Gasteiger partial charge on any atom is 0.313 e. The van der Waals surface area contributed by atoms with Crippen LogP contribution >= 0.6 is 0 Å². The Morgan fingerprint density at radius 1 is 0.818 bits per heavy atom. The van der Waals surface area contributed by atoms with Crippen molar-refractivity contribution in [1.29, 1.82) is 0 Å². The first-order valence-corrected chi connectivity index (χ1v) is 7.67. The summed E-state index contributed by atoms with van der Waals surface area (Å²) in [5.74, 6) is 4.63. The summed E-state index contributed by atoms with van der Waals surface area (Å²) >= 11 is 0. The highest BCUT2D eigenvalue weighted by atomic mass is 15.1. The highest BCUT2D eigenvalue weighted by Crippen LogP contribution is 2.28. The number of fused-ring (bicyclic) bond motifs is 6. The van der Waals surface area contributed by atoms with Crippen LogP contribution in [0.2, 0.25) is 0 Å². The van der Waals surface area contributed by atoms with Crippen LogP contribution in [0.5, 0.6) is 0 Å². The van der Waals surface area contributed by atoms with E-state index < -0.39 is 0 Å². The minimum absolute atomic E-state index is 0.309. The zero-order valence-corrected chi connectivity index (χ0v) is 12.1. The molecule has 2 heterocycles. The zero-order valence-electron chi connectivity index (χ0n) is 12.1. The summed E-state index contributed by atoms with van der Waals surface area (Å²) in [5.41, 5.74) is 2.57. The Balaban J connectivity index is 1.86. The normalized spacial score (nSPS) is 14.7. The molecule has 0 unspecified atom stereocenters. The van der Waals surface area contributed by atoms with Gasteiger partial charge in [0.1, 0.15) is 0 Å². The number of hydrogen-bond donors (Lipinski definition) is 0. The van der Waals surface area contributed by atoms with Gasteiger partial charge in [-0.2, -0.15) is 0 Å². The van der Waals surface area contributed by atoms with Crippen molar-refractivity contribution in [3.05, 3.63) is 82.6 Å². The average Bonchev–Trinajstić information content (AvgIpc) is 2.60. The zero-order chi connectivity index (χ0) is 14.5. The molecule has 1 nitrogen and oxygen atoms in total. The first-order valence-electron chi connectivity index (χ1n) is 7.67. The van der Waals surface area contributed by atoms with Crippen molar-refractivity contribution in [3.8, 4) is 0 Å². The standard InChI is InChI=1S/C20H14BN/c1-3-7-18-15(5-1)9-10-17-13-21-12-11-16-6-2-4-8-20(16)22(21)14-19(17)18/h1-14H. The van der Waals surface area contributed by atoms with Gasteiger partial charge in [-0.25, -0.2) is 0 Å². The van der Waals surface area contributed by atoms with Gasteiger partial charge < -0.3 is 4.81 Å². The number of hydrogen-bond acceptors (Lipinski definition) is 1. The Morgan fingerprint density at radius 2 is 1.68 bits per heavy atom. The number of benzene rings is 3. The van der Waals surface area contributed by atoms with E-state index in [-0.39, 0.29) is 0 Å². The lowest BCUT2D eigenvalue weighted by Gasteiger charge is -2.31. The van der Waals surface area contributed by atoms with Crippen molar-refractivity contribution in [3.63, 3.8) is 0 Å². The van der Waals surface area contributed by atoms with Crippen molar-refractivity contribution >= 4 is 41.6 Å². The summed E-state index contributed by atoms with van der Waals surface area (Å²) < 4.78 is 0. The SMILES string of the molecule is C1=Cc2ccccc2N2C=c3c(ccc4ccccc34)=CB12. The van der Waals surface area contributed by atoms with Gasteiger partial charge in [-0.1, -0.05) is 72.6 Å². The molecule has 2 heteroatoms. The van der Waals surface area contributed by atoms with Crippen molar-refractivity contribution in [2.75, 3.05) is 4.81 Å². The molecule has 0 bridgehead atoms. The van der Waals surface area contributed by atoms with Gasteiger partial charge in [0.05, 0.1) is 0 Å². The molecule has 22 heavy (non-hydrogen) atoms. The van der Waals surface area contributed by atoms with Crippen molar-refractivity contribution in [2.45, 2.75) is 0 Å². The molecular weight excluding hydrogens is 265 g/mol. The minimum atomic E-state index is 0.309. The fraction of sp³-hybridized carbons (Fsp3) is 0. The van der Waals surface area contributed by atoms with Gasteiger partial charge in [-0.15, -0.1) is 0 Å². The van der Waals surface area contributed by atoms with Crippen LogP contribution in [0, 0.1) is 0 Å². The van der Waals surface area contributed by atoms with Crippen LogP contribution in [0.1, 0.15) is 5.56 Å². The molecule has 0 saturated heterocycles. The molecule has 3 aromatic rings. The molecule has 2 aliphatic heterocycles. The van der Waals surface area contributed by atoms with E-state index in [2.05, 4.69) is 89.7 Å². The lowest BCUT2D eigenvalue weighted by Crippen LogP contribution is -2.45. The van der Waals surface area contributed by atoms with E-state index in [1.807, 2.05) is 0 Å². The largest absolute Gasteiger partial charge is 0.383 e. The second-order valence-corrected chi connectivity index (χ2v) is 5.90. The molecule has 0 atom stereocenters. The lowest BCUT2D eigenvalue weighted by atomic mass is 9.56. The summed E-state index contributed by atoms with van der Waals surface area (Å²) in [5, 5.41) is 5.26. The van der Waals surface area contributed by atoms with Crippen LogP contribution in [0.25, 0.3) is 29.0 Å². The second kappa shape index (κ2) is 4.38. The minimum Gasteiger partial charge on any atom is -0.383 e. The van der Waals surface area contributed by atoms with Crippen molar-refractivity contribution < 1.29 is 0 Å². The third kappa shape index (κ3) is 1.61. The third-order valence-corrected chi connectivity index (χ3v) is 4.63. The fourth-order valence-corrected chi connectivity index (χ4v) is 3.54. The van der Waals surface area contributed by atoms with E-state index in [1.165, 1.54) is 32.5 Å². The molecule has 0 radical (unpaired) electrons. The molecule has 3 aromatic carbocycles. The molecule has 0 saturated carbocycles. The van der Waals surface area contributed by atoms with E-state index in [1.54, 1.807) is 0 Å². The Labute approximate surface area is 129 Å². The smallest absolute Gasteiger partial charge is 0.313 e. The van der Waals surface area contributed by atoms with E-state index in [0.717, 1.165) is 0 Å². The molecule has 2 aliphatic rings. The topological polar surface area (TPSA) is 3.24 Å². The van der Waals surface area contributed by atoms with Crippen LogP contribution < -0.4 is 15.2 Å². The highest BCUT2D eigenvalue weighted by molar-refractivity contribution is 6.83. The number of anilines is 1. The number of rotatable bonds is 0. The number of para-hydroxylation sites is 1. The van der Waals surface area contributed by atoms with E-state index in [4.69, 9.17) is 0 Å². The highest BCUT2D eigenvalue weighted by Gasteiger charge is 2.24. The average molecular weight is 279 g/mol. The summed E-state index contributed by atoms with van der Waals surface area (Å²) in [6.45, 7) is 0.309. The monoisotopic (exact) mass is 279 g/mol. The molecule has 0 aromatic heterocycles. The van der Waals surface area contributed by atoms with Crippen LogP contribution in [-0.4, -0.2) is 6.85 Å². The predicted molar refractivity (Wildman–Crippen MR) is 95.8 cm³/mol. The third-order valence-electron chi connectivity index (χ3n) is 4.63. The molecule has 0 fully saturated rings. The summed E-state index contributed by atoms with van der Waals surface area (Å²) in [6.07, 6.45) is 4.54. The van der Waals surface area contributed by atoms with Gasteiger partial charge >= 0.3 is 6.85 Å². The summed E-state index contributed by atoms with van der Waals surface area (Å²) in [6, 6.07) is 21.6. The van der Waals surface area contributed by atoms with Crippen LogP contribution in [0.15, 0.2) is 66.6 Å². The Hall–Kier alpha value is -2.74. The van der Waals surface area contributed by atoms with Gasteiger partial charge in [-0.05, 0) is 27.6 Å². The molecule has 0 N–H and O–H groups in total. The van der Waals surface area contributed by atoms with Crippen LogP contribution in [0.3, 0.4) is 0 Å². The maximum atomic E-state index is 2.38. The van der Waals surface area contributed by atoms with Gasteiger partial charge in [0, 0.05) is 17.1 Å². The molecule has 0 amide bonds. The van der Waals surface area contributed by atoms with E-state index in [0.29, 0.717) is 6.85 Å². The number of nitrogens with zero attached hydrogens (tertiary/aromatic N) is 1. The Bertz CT molecular complexity index is 1050. The first-order chi connectivity index (χ1) is 10.9. The summed E-state index contributed by atoms with van der Waals surface area (Å²) in [7, 11) is 0. The Morgan fingerprint density at radius 3 is 2.68 bits per heavy atom. The van der Waals surface area contributed by atoms with Gasteiger partial charge in [-0.3, -0.25) is 0 Å². The van der Waals surface area contributed by atoms with E-state index in [9.17, 15) is 0 Å². The predicted octanol–water partition coefficient (Wildman–Crippen LogP) is 2.98. The van der Waals surface area contributed by atoms with Crippen LogP contribution in [-0.2, 0) is 0 Å². The maximum absolute atomic E-state index is 2.38. The molecule has 5 rings (SSSR count). The van der Waals surface area contributed by atoms with E-state index >= 15 is 0 Å². The molecule has 0 aliphatic carbocycles. The molecule has 102 valence electrons. The van der Waals surface area contributed by atoms with Gasteiger partial charge in [0.25, 0.3) is 0 Å². The summed E-state index contributed by atoms with van der Waals surface area (Å²) in [4.78, 5) is 2.38. The fourth-order valence-electron chi connectivity index (χ4n) is 3.54. The van der Waals surface area contributed by atoms with Crippen molar-refractivity contribution in [1.82, 2.24) is 0 Å². The first kappa shape index (κ1) is 11.9. The molecular formula is C20H14BN. The Kier molecular flexibility index (Phi) is 2.36. The van der Waals surface area contributed by atoms with Gasteiger partial charge in [0.15, 0.2) is 0 Å². The molecule has 0 spiro atoms. The second-order valence-electron chi connectivity index (χ2n) is 5.90. The van der Waals surface area contributed by atoms with Gasteiger partial charge in [0.2, 0.25) is 0 Å². The van der Waals surface area contributed by atoms with Crippen LogP contribution in [0.4, 0.5) is 5.69 Å². The quantitative estimate of drug-likeness (QED) is 0.572. The van der Waals surface area contributed by atoms with Crippen molar-refractivity contribution in [2.24, 2.45) is 0 Å². The lowest BCUT2D eigenvalue weighted by molar-refractivity contribution is 1.40.